The van der Waals surface area contributed by atoms with Crippen LogP contribution in [0.5, 0.6) is 0 Å². The number of carbonyl (C=O) groups is 3. The molecule has 0 aliphatic carbocycles. The number of fused-ring (bicyclic) bond motifs is 4. The standard InChI is InChI=1S/C29H25ClN8O4/c1-42-29(41)33-21-8-9-22-18-12-13-31-25(15-18)23(4-2-3-5-27(39)35-24(22)16-21)34-28(40)11-6-19-14-20(30)7-10-26(19)38-17-32-36-37-38/h2-3,6-17,23H,4-5H2,1H3,(H,33,41)(H,34,40)(H,35,39)/b3-2+,11-6+/t23-/m0/s1. The molecule has 0 saturated carbocycles. The molecule has 1 aliphatic rings. The summed E-state index contributed by atoms with van der Waals surface area (Å²) in [6.45, 7) is 0. The average Bonchev–Trinajstić information content (AvgIpc) is 3.52. The highest BCUT2D eigenvalue weighted by Crippen LogP contribution is 2.33. The highest BCUT2D eigenvalue weighted by molar-refractivity contribution is 6.30. The maximum atomic E-state index is 13.1. The molecule has 0 radical (unpaired) electrons. The van der Waals surface area contributed by atoms with E-state index in [-0.39, 0.29) is 18.2 Å². The number of anilines is 2. The Hall–Kier alpha value is -5.36. The van der Waals surface area contributed by atoms with E-state index < -0.39 is 12.1 Å². The van der Waals surface area contributed by atoms with Crippen LogP contribution >= 0.6 is 11.6 Å². The topological polar surface area (TPSA) is 153 Å². The summed E-state index contributed by atoms with van der Waals surface area (Å²) in [5, 5.41) is 20.3. The fourth-order valence-corrected chi connectivity index (χ4v) is 4.54. The van der Waals surface area contributed by atoms with Gasteiger partial charge in [-0.1, -0.05) is 29.8 Å². The number of amides is 3. The SMILES string of the molecule is COC(=O)Nc1ccc2c(c1)NC(=O)C/C=C/C[C@H](NC(=O)/C=C/c1cc(Cl)ccc1-n1cnnn1)c1cc-2ccn1. The Morgan fingerprint density at radius 2 is 2.02 bits per heavy atom. The van der Waals surface area contributed by atoms with Gasteiger partial charge in [0.05, 0.1) is 30.2 Å². The van der Waals surface area contributed by atoms with Gasteiger partial charge in [-0.2, -0.15) is 4.68 Å². The maximum Gasteiger partial charge on any atom is 0.411 e. The summed E-state index contributed by atoms with van der Waals surface area (Å²) < 4.78 is 6.15. The lowest BCUT2D eigenvalue weighted by Crippen LogP contribution is -2.27. The summed E-state index contributed by atoms with van der Waals surface area (Å²) >= 11 is 6.19. The van der Waals surface area contributed by atoms with Crippen LogP contribution in [0.4, 0.5) is 16.2 Å². The fraction of sp³-hybridized carbons (Fsp3) is 0.138. The lowest BCUT2D eigenvalue weighted by molar-refractivity contribution is -0.117. The Labute approximate surface area is 245 Å². The van der Waals surface area contributed by atoms with Crippen molar-refractivity contribution in [1.82, 2.24) is 30.5 Å². The van der Waals surface area contributed by atoms with Crippen molar-refractivity contribution in [3.63, 3.8) is 0 Å². The van der Waals surface area contributed by atoms with Gasteiger partial charge in [0.1, 0.15) is 6.33 Å². The van der Waals surface area contributed by atoms with Crippen LogP contribution in [0, 0.1) is 0 Å². The molecule has 2 aromatic heterocycles. The van der Waals surface area contributed by atoms with Gasteiger partial charge in [-0.3, -0.25) is 19.9 Å². The third kappa shape index (κ3) is 6.85. The van der Waals surface area contributed by atoms with Gasteiger partial charge in [0.25, 0.3) is 0 Å². The van der Waals surface area contributed by atoms with Crippen molar-refractivity contribution in [2.24, 2.45) is 0 Å². The molecule has 3 N–H and O–H groups in total. The van der Waals surface area contributed by atoms with E-state index in [9.17, 15) is 14.4 Å². The van der Waals surface area contributed by atoms with E-state index in [1.807, 2.05) is 18.2 Å². The van der Waals surface area contributed by atoms with Gasteiger partial charge in [-0.15, -0.1) is 5.10 Å². The quantitative estimate of drug-likeness (QED) is 0.225. The van der Waals surface area contributed by atoms with Gasteiger partial charge in [0, 0.05) is 40.5 Å². The van der Waals surface area contributed by atoms with E-state index in [1.54, 1.807) is 54.7 Å². The third-order valence-electron chi connectivity index (χ3n) is 6.33. The molecule has 3 heterocycles. The Bertz CT molecular complexity index is 1690. The minimum absolute atomic E-state index is 0.116. The van der Waals surface area contributed by atoms with E-state index in [1.165, 1.54) is 24.2 Å². The lowest BCUT2D eigenvalue weighted by atomic mass is 9.99. The zero-order chi connectivity index (χ0) is 29.5. The van der Waals surface area contributed by atoms with Gasteiger partial charge in [0.15, 0.2) is 0 Å². The number of tetrazole rings is 1. The zero-order valence-electron chi connectivity index (χ0n) is 22.3. The molecule has 212 valence electrons. The first-order valence-corrected chi connectivity index (χ1v) is 13.2. The number of pyridine rings is 1. The molecule has 2 aromatic carbocycles. The van der Waals surface area contributed by atoms with Crippen LogP contribution in [-0.4, -0.2) is 50.2 Å². The van der Waals surface area contributed by atoms with Crippen molar-refractivity contribution < 1.29 is 19.1 Å². The normalized spacial score (nSPS) is 15.5. The van der Waals surface area contributed by atoms with Crippen LogP contribution < -0.4 is 16.0 Å². The number of rotatable bonds is 5. The zero-order valence-corrected chi connectivity index (χ0v) is 23.1. The molecule has 3 amide bonds. The molecule has 12 nitrogen and oxygen atoms in total. The number of nitrogens with one attached hydrogen (secondary N) is 3. The van der Waals surface area contributed by atoms with Gasteiger partial charge in [-0.25, -0.2) is 4.79 Å². The van der Waals surface area contributed by atoms with Crippen molar-refractivity contribution >= 4 is 47.0 Å². The first-order valence-electron chi connectivity index (χ1n) is 12.8. The van der Waals surface area contributed by atoms with Gasteiger partial charge < -0.3 is 15.4 Å². The minimum Gasteiger partial charge on any atom is -0.453 e. The van der Waals surface area contributed by atoms with Crippen molar-refractivity contribution in [3.8, 4) is 16.8 Å². The molecule has 1 atom stereocenters. The van der Waals surface area contributed by atoms with Gasteiger partial charge in [0.2, 0.25) is 11.8 Å². The van der Waals surface area contributed by atoms with E-state index in [4.69, 9.17) is 11.6 Å². The summed E-state index contributed by atoms with van der Waals surface area (Å²) in [6.07, 6.45) is 9.59. The van der Waals surface area contributed by atoms with Gasteiger partial charge in [-0.05, 0) is 71.0 Å². The number of halogens is 1. The smallest absolute Gasteiger partial charge is 0.411 e. The molecule has 0 spiro atoms. The molecule has 0 saturated heterocycles. The second kappa shape index (κ2) is 12.9. The van der Waals surface area contributed by atoms with Crippen molar-refractivity contribution in [2.45, 2.75) is 18.9 Å². The molecule has 0 fully saturated rings. The Kier molecular flexibility index (Phi) is 8.64. The second-order valence-corrected chi connectivity index (χ2v) is 9.59. The third-order valence-corrected chi connectivity index (χ3v) is 6.57. The number of ether oxygens (including phenoxy) is 1. The number of benzene rings is 2. The number of methoxy groups -OCH3 is 1. The molecular weight excluding hydrogens is 560 g/mol. The molecule has 2 bridgehead atoms. The molecular formula is C29H25ClN8O4. The summed E-state index contributed by atoms with van der Waals surface area (Å²) in [6, 6.07) is 13.5. The molecule has 42 heavy (non-hydrogen) atoms. The van der Waals surface area contributed by atoms with E-state index in [2.05, 4.69) is 41.2 Å². The van der Waals surface area contributed by atoms with Crippen LogP contribution in [0.3, 0.4) is 0 Å². The molecule has 13 heteroatoms. The van der Waals surface area contributed by atoms with E-state index >= 15 is 0 Å². The number of nitrogens with zero attached hydrogens (tertiary/aromatic N) is 5. The van der Waals surface area contributed by atoms with Crippen LogP contribution in [0.1, 0.15) is 30.1 Å². The number of hydrogen-bond donors (Lipinski definition) is 3. The molecule has 4 aromatic rings. The summed E-state index contributed by atoms with van der Waals surface area (Å²) in [5.41, 5.74) is 4.37. The van der Waals surface area contributed by atoms with Crippen molar-refractivity contribution in [3.05, 3.63) is 95.6 Å². The molecule has 5 rings (SSSR count). The monoisotopic (exact) mass is 584 g/mol. The first kappa shape index (κ1) is 28.2. The predicted octanol–water partition coefficient (Wildman–Crippen LogP) is 4.72. The number of carbonyl (C=O) groups excluding carboxylic acids is 3. The Morgan fingerprint density at radius 1 is 1.14 bits per heavy atom. The van der Waals surface area contributed by atoms with E-state index in [0.717, 1.165) is 5.56 Å². The van der Waals surface area contributed by atoms with Crippen LogP contribution in [-0.2, 0) is 14.3 Å². The summed E-state index contributed by atoms with van der Waals surface area (Å²) in [7, 11) is 1.27. The highest BCUT2D eigenvalue weighted by atomic mass is 35.5. The molecule has 0 unspecified atom stereocenters. The predicted molar refractivity (Wildman–Crippen MR) is 157 cm³/mol. The Morgan fingerprint density at radius 3 is 2.83 bits per heavy atom. The number of hydrogen-bond acceptors (Lipinski definition) is 8. The Balaban J connectivity index is 1.43. The highest BCUT2D eigenvalue weighted by Gasteiger charge is 2.18. The van der Waals surface area contributed by atoms with Crippen LogP contribution in [0.25, 0.3) is 22.9 Å². The fourth-order valence-electron chi connectivity index (χ4n) is 4.35. The van der Waals surface area contributed by atoms with Crippen LogP contribution in [0.2, 0.25) is 5.02 Å². The van der Waals surface area contributed by atoms with E-state index in [0.29, 0.717) is 45.3 Å². The summed E-state index contributed by atoms with van der Waals surface area (Å²) in [4.78, 5) is 42.0. The molecule has 1 aliphatic heterocycles. The maximum absolute atomic E-state index is 13.1. The lowest BCUT2D eigenvalue weighted by Gasteiger charge is -2.19. The second-order valence-electron chi connectivity index (χ2n) is 9.16. The summed E-state index contributed by atoms with van der Waals surface area (Å²) in [5.74, 6) is -0.590. The van der Waals surface area contributed by atoms with Gasteiger partial charge >= 0.3 is 6.09 Å². The number of aromatic nitrogens is 5. The van der Waals surface area contributed by atoms with Crippen molar-refractivity contribution in [1.29, 1.82) is 0 Å². The van der Waals surface area contributed by atoms with Crippen molar-refractivity contribution in [2.75, 3.05) is 17.7 Å². The minimum atomic E-state index is -0.627. The first-order chi connectivity index (χ1) is 20.4. The largest absolute Gasteiger partial charge is 0.453 e. The van der Waals surface area contributed by atoms with Crippen LogP contribution in [0.15, 0.2) is 79.3 Å². The average molecular weight is 585 g/mol.